The molecule has 0 saturated carbocycles. The van der Waals surface area contributed by atoms with Crippen LogP contribution in [0.2, 0.25) is 0 Å². The Morgan fingerprint density at radius 1 is 1.43 bits per heavy atom. The van der Waals surface area contributed by atoms with Crippen LogP contribution in [0.25, 0.3) is 5.82 Å². The lowest BCUT2D eigenvalue weighted by atomic mass is 9.92. The van der Waals surface area contributed by atoms with Crippen molar-refractivity contribution < 1.29 is 4.79 Å². The van der Waals surface area contributed by atoms with Crippen molar-refractivity contribution in [2.45, 2.75) is 39.2 Å². The molecule has 0 saturated heterocycles. The Balaban J connectivity index is 1.90. The lowest BCUT2D eigenvalue weighted by molar-refractivity contribution is -0.124. The predicted molar refractivity (Wildman–Crippen MR) is 80.0 cm³/mol. The molecule has 1 amide bonds. The minimum absolute atomic E-state index is 0.00112. The van der Waals surface area contributed by atoms with Gasteiger partial charge >= 0.3 is 0 Å². The van der Waals surface area contributed by atoms with E-state index >= 15 is 0 Å². The van der Waals surface area contributed by atoms with E-state index in [-0.39, 0.29) is 17.9 Å². The van der Waals surface area contributed by atoms with E-state index in [1.807, 2.05) is 42.9 Å². The minimum Gasteiger partial charge on any atom is -0.349 e. The number of aromatic nitrogens is 3. The highest BCUT2D eigenvalue weighted by Crippen LogP contribution is 2.30. The van der Waals surface area contributed by atoms with Crippen molar-refractivity contribution >= 4 is 5.91 Å². The number of rotatable bonds is 3. The zero-order chi connectivity index (χ0) is 14.8. The number of hydrogen-bond donors (Lipinski definition) is 1. The molecule has 0 fully saturated rings. The van der Waals surface area contributed by atoms with Gasteiger partial charge in [-0.3, -0.25) is 4.79 Å². The number of pyridine rings is 1. The number of fused-ring (bicyclic) bond motifs is 1. The third kappa shape index (κ3) is 2.68. The minimum atomic E-state index is 0.00112. The lowest BCUT2D eigenvalue weighted by Gasteiger charge is -2.24. The number of amides is 1. The van der Waals surface area contributed by atoms with Crippen molar-refractivity contribution in [3.63, 3.8) is 0 Å². The van der Waals surface area contributed by atoms with Crippen molar-refractivity contribution in [3.8, 4) is 5.82 Å². The van der Waals surface area contributed by atoms with Crippen LogP contribution in [0.3, 0.4) is 0 Å². The van der Waals surface area contributed by atoms with E-state index in [4.69, 9.17) is 0 Å². The quantitative estimate of drug-likeness (QED) is 0.941. The Morgan fingerprint density at radius 2 is 2.29 bits per heavy atom. The van der Waals surface area contributed by atoms with Crippen molar-refractivity contribution in [1.82, 2.24) is 20.1 Å². The summed E-state index contributed by atoms with van der Waals surface area (Å²) < 4.78 is 1.89. The highest BCUT2D eigenvalue weighted by Gasteiger charge is 2.26. The van der Waals surface area contributed by atoms with Gasteiger partial charge in [-0.05, 0) is 31.4 Å². The second kappa shape index (κ2) is 5.68. The third-order valence-electron chi connectivity index (χ3n) is 3.89. The van der Waals surface area contributed by atoms with Gasteiger partial charge in [-0.1, -0.05) is 19.9 Å². The fourth-order valence-corrected chi connectivity index (χ4v) is 2.72. The van der Waals surface area contributed by atoms with Gasteiger partial charge in [-0.25, -0.2) is 9.67 Å². The molecular formula is C16H20N4O. The van der Waals surface area contributed by atoms with E-state index < -0.39 is 0 Å². The molecule has 21 heavy (non-hydrogen) atoms. The van der Waals surface area contributed by atoms with Gasteiger partial charge in [0.15, 0.2) is 5.82 Å². The summed E-state index contributed by atoms with van der Waals surface area (Å²) in [4.78, 5) is 16.3. The molecule has 5 nitrogen and oxygen atoms in total. The number of carbonyl (C=O) groups excluding carboxylic acids is 1. The number of nitrogens with one attached hydrogen (secondary N) is 1. The molecule has 2 heterocycles. The normalized spacial score (nSPS) is 17.6. The van der Waals surface area contributed by atoms with Crippen molar-refractivity contribution in [2.75, 3.05) is 0 Å². The number of nitrogens with zero attached hydrogens (tertiary/aromatic N) is 3. The van der Waals surface area contributed by atoms with Crippen LogP contribution >= 0.6 is 0 Å². The first kappa shape index (κ1) is 13.8. The first-order valence-corrected chi connectivity index (χ1v) is 7.45. The molecule has 0 aliphatic heterocycles. The number of hydrogen-bond acceptors (Lipinski definition) is 3. The summed E-state index contributed by atoms with van der Waals surface area (Å²) in [6, 6.07) is 5.87. The van der Waals surface area contributed by atoms with Gasteiger partial charge in [-0.15, -0.1) is 0 Å². The maximum absolute atomic E-state index is 11.9. The summed E-state index contributed by atoms with van der Waals surface area (Å²) in [6.07, 6.45) is 6.63. The van der Waals surface area contributed by atoms with Gasteiger partial charge in [-0.2, -0.15) is 5.10 Å². The Bertz CT molecular complexity index is 633. The largest absolute Gasteiger partial charge is 0.349 e. The first-order chi connectivity index (χ1) is 10.2. The van der Waals surface area contributed by atoms with Crippen LogP contribution in [0, 0.1) is 5.92 Å². The number of carbonyl (C=O) groups is 1. The van der Waals surface area contributed by atoms with Crippen molar-refractivity contribution in [1.29, 1.82) is 0 Å². The SMILES string of the molecule is CC(C)C(=O)N[C@@H]1CCCc2c1cnn2-c1ccccn1. The van der Waals surface area contributed by atoms with Crippen LogP contribution in [0.4, 0.5) is 0 Å². The topological polar surface area (TPSA) is 59.8 Å². The van der Waals surface area contributed by atoms with Crippen LogP contribution in [0.1, 0.15) is 44.0 Å². The molecular weight excluding hydrogens is 264 g/mol. The van der Waals surface area contributed by atoms with Crippen LogP contribution in [0.5, 0.6) is 0 Å². The summed E-state index contributed by atoms with van der Waals surface area (Å²) in [7, 11) is 0. The molecule has 1 atom stereocenters. The summed E-state index contributed by atoms with van der Waals surface area (Å²) in [5.74, 6) is 0.925. The highest BCUT2D eigenvalue weighted by atomic mass is 16.1. The maximum atomic E-state index is 11.9. The van der Waals surface area contributed by atoms with Gasteiger partial charge in [0.2, 0.25) is 5.91 Å². The van der Waals surface area contributed by atoms with Gasteiger partial charge < -0.3 is 5.32 Å². The molecule has 0 aromatic carbocycles. The van der Waals surface area contributed by atoms with E-state index in [0.29, 0.717) is 0 Å². The van der Waals surface area contributed by atoms with Crippen LogP contribution in [-0.4, -0.2) is 20.7 Å². The Hall–Kier alpha value is -2.17. The van der Waals surface area contributed by atoms with E-state index in [0.717, 1.165) is 36.3 Å². The van der Waals surface area contributed by atoms with Gasteiger partial charge in [0.05, 0.1) is 17.9 Å². The standard InChI is InChI=1S/C16H20N4O/c1-11(2)16(21)19-13-6-5-7-14-12(13)10-18-20(14)15-8-3-4-9-17-15/h3-4,8-11,13H,5-7H2,1-2H3,(H,19,21)/t13-/m1/s1. The van der Waals surface area contributed by atoms with Gasteiger partial charge in [0.25, 0.3) is 0 Å². The molecule has 5 heteroatoms. The molecule has 0 spiro atoms. The fourth-order valence-electron chi connectivity index (χ4n) is 2.72. The van der Waals surface area contributed by atoms with Crippen LogP contribution in [0.15, 0.2) is 30.6 Å². The van der Waals surface area contributed by atoms with Crippen molar-refractivity contribution in [3.05, 3.63) is 41.9 Å². The zero-order valence-corrected chi connectivity index (χ0v) is 12.4. The Kier molecular flexibility index (Phi) is 3.73. The molecule has 0 radical (unpaired) electrons. The first-order valence-electron chi connectivity index (χ1n) is 7.45. The zero-order valence-electron chi connectivity index (χ0n) is 12.4. The van der Waals surface area contributed by atoms with E-state index in [9.17, 15) is 4.79 Å². The predicted octanol–water partition coefficient (Wildman–Crippen LogP) is 2.42. The monoisotopic (exact) mass is 284 g/mol. The maximum Gasteiger partial charge on any atom is 0.223 e. The van der Waals surface area contributed by atoms with Crippen LogP contribution < -0.4 is 5.32 Å². The van der Waals surface area contributed by atoms with Crippen LogP contribution in [-0.2, 0) is 11.2 Å². The molecule has 1 aliphatic carbocycles. The third-order valence-corrected chi connectivity index (χ3v) is 3.89. The van der Waals surface area contributed by atoms with Gasteiger partial charge in [0, 0.05) is 17.7 Å². The molecule has 0 bridgehead atoms. The van der Waals surface area contributed by atoms with E-state index in [1.54, 1.807) is 6.20 Å². The molecule has 1 aliphatic rings. The average molecular weight is 284 g/mol. The lowest BCUT2D eigenvalue weighted by Crippen LogP contribution is -2.33. The molecule has 3 rings (SSSR count). The Labute approximate surface area is 124 Å². The van der Waals surface area contributed by atoms with E-state index in [1.165, 1.54) is 0 Å². The summed E-state index contributed by atoms with van der Waals surface area (Å²) in [5.41, 5.74) is 2.29. The van der Waals surface area contributed by atoms with E-state index in [2.05, 4.69) is 15.4 Å². The summed E-state index contributed by atoms with van der Waals surface area (Å²) in [5, 5.41) is 7.60. The highest BCUT2D eigenvalue weighted by molar-refractivity contribution is 5.78. The molecule has 110 valence electrons. The Morgan fingerprint density at radius 3 is 3.00 bits per heavy atom. The smallest absolute Gasteiger partial charge is 0.223 e. The molecule has 2 aromatic heterocycles. The second-order valence-electron chi connectivity index (χ2n) is 5.75. The molecule has 2 aromatic rings. The molecule has 0 unspecified atom stereocenters. The average Bonchev–Trinajstić information content (AvgIpc) is 2.93. The fraction of sp³-hybridized carbons (Fsp3) is 0.438. The summed E-state index contributed by atoms with van der Waals surface area (Å²) in [6.45, 7) is 3.83. The summed E-state index contributed by atoms with van der Waals surface area (Å²) >= 11 is 0. The van der Waals surface area contributed by atoms with Gasteiger partial charge in [0.1, 0.15) is 0 Å². The van der Waals surface area contributed by atoms with Crippen molar-refractivity contribution in [2.24, 2.45) is 5.92 Å². The molecule has 1 N–H and O–H groups in total. The second-order valence-corrected chi connectivity index (χ2v) is 5.75.